The first kappa shape index (κ1) is 15.0. The van der Waals surface area contributed by atoms with Crippen LogP contribution in [0.25, 0.3) is 0 Å². The Labute approximate surface area is 126 Å². The summed E-state index contributed by atoms with van der Waals surface area (Å²) in [5.74, 6) is 5.70. The third kappa shape index (κ3) is 4.31. The molecular weight excluding hydrogens is 288 g/mol. The summed E-state index contributed by atoms with van der Waals surface area (Å²) in [5.41, 5.74) is 0.890. The Morgan fingerprint density at radius 3 is 2.95 bits per heavy atom. The Bertz CT molecular complexity index is 668. The van der Waals surface area contributed by atoms with E-state index in [4.69, 9.17) is 9.84 Å². The summed E-state index contributed by atoms with van der Waals surface area (Å²) >= 11 is 1.29. The Kier molecular flexibility index (Phi) is 5.32. The van der Waals surface area contributed by atoms with E-state index in [1.165, 1.54) is 11.3 Å². The average Bonchev–Trinajstić information content (AvgIpc) is 3.00. The van der Waals surface area contributed by atoms with Crippen molar-refractivity contribution in [3.63, 3.8) is 0 Å². The van der Waals surface area contributed by atoms with Gasteiger partial charge in [-0.2, -0.15) is 0 Å². The molecule has 0 atom stereocenters. The van der Waals surface area contributed by atoms with E-state index >= 15 is 0 Å². The van der Waals surface area contributed by atoms with E-state index in [9.17, 15) is 4.79 Å². The number of ether oxygens (including phenoxy) is 1. The Morgan fingerprint density at radius 2 is 2.29 bits per heavy atom. The number of amides is 1. The van der Waals surface area contributed by atoms with Crippen LogP contribution in [0.1, 0.15) is 20.1 Å². The van der Waals surface area contributed by atoms with Gasteiger partial charge in [0.1, 0.15) is 6.61 Å². The molecule has 0 saturated heterocycles. The van der Waals surface area contributed by atoms with Gasteiger partial charge in [-0.25, -0.2) is 4.98 Å². The van der Waals surface area contributed by atoms with E-state index in [0.29, 0.717) is 17.3 Å². The predicted octanol–water partition coefficient (Wildman–Crippen LogP) is 1.43. The molecule has 21 heavy (non-hydrogen) atoms. The van der Waals surface area contributed by atoms with Gasteiger partial charge in [-0.3, -0.25) is 4.79 Å². The lowest BCUT2D eigenvalue weighted by molar-refractivity contribution is 0.0955. The first-order chi connectivity index (χ1) is 10.2. The summed E-state index contributed by atoms with van der Waals surface area (Å²) in [6, 6.07) is 7.07. The number of rotatable bonds is 4. The highest BCUT2D eigenvalue weighted by molar-refractivity contribution is 7.14. The van der Waals surface area contributed by atoms with Crippen molar-refractivity contribution in [2.75, 3.05) is 13.7 Å². The molecule has 1 amide bonds. The molecule has 2 aromatic rings. The number of hydrogen-bond acceptors (Lipinski definition) is 5. The van der Waals surface area contributed by atoms with Crippen molar-refractivity contribution in [3.8, 4) is 17.7 Å². The summed E-state index contributed by atoms with van der Waals surface area (Å²) < 4.78 is 4.97. The molecule has 0 aliphatic rings. The minimum Gasteiger partial charge on any atom is -0.481 e. The number of aliphatic hydroxyl groups excluding tert-OH is 1. The van der Waals surface area contributed by atoms with Gasteiger partial charge in [0.15, 0.2) is 0 Å². The Balaban J connectivity index is 1.93. The van der Waals surface area contributed by atoms with Crippen LogP contribution in [-0.2, 0) is 6.54 Å². The molecule has 0 aromatic carbocycles. The number of carbonyl (C=O) groups is 1. The second-order valence-electron chi connectivity index (χ2n) is 4.02. The van der Waals surface area contributed by atoms with Gasteiger partial charge in [0.2, 0.25) is 5.88 Å². The highest BCUT2D eigenvalue weighted by Crippen LogP contribution is 2.15. The van der Waals surface area contributed by atoms with Gasteiger partial charge >= 0.3 is 0 Å². The van der Waals surface area contributed by atoms with Crippen LogP contribution in [-0.4, -0.2) is 29.7 Å². The molecule has 0 radical (unpaired) electrons. The average molecular weight is 302 g/mol. The Hall–Kier alpha value is -2.36. The fourth-order valence-electron chi connectivity index (χ4n) is 1.56. The lowest BCUT2D eigenvalue weighted by Gasteiger charge is -2.04. The number of aromatic nitrogens is 1. The molecule has 5 nitrogen and oxygen atoms in total. The largest absolute Gasteiger partial charge is 0.481 e. The maximum Gasteiger partial charge on any atom is 0.261 e. The maximum absolute atomic E-state index is 12.0. The molecule has 0 saturated carbocycles. The quantitative estimate of drug-likeness (QED) is 0.838. The van der Waals surface area contributed by atoms with Gasteiger partial charge in [-0.05, 0) is 17.7 Å². The minimum absolute atomic E-state index is 0.159. The van der Waals surface area contributed by atoms with E-state index in [2.05, 4.69) is 22.1 Å². The van der Waals surface area contributed by atoms with Crippen molar-refractivity contribution in [3.05, 3.63) is 45.8 Å². The van der Waals surface area contributed by atoms with Crippen LogP contribution in [0.15, 0.2) is 30.5 Å². The molecule has 6 heteroatoms. The molecule has 0 unspecified atom stereocenters. The topological polar surface area (TPSA) is 71.5 Å². The van der Waals surface area contributed by atoms with Gasteiger partial charge in [0.05, 0.1) is 16.9 Å². The molecule has 2 aromatic heterocycles. The van der Waals surface area contributed by atoms with Crippen LogP contribution in [0.5, 0.6) is 5.88 Å². The number of pyridine rings is 1. The minimum atomic E-state index is -0.191. The first-order valence-electron chi connectivity index (χ1n) is 6.19. The van der Waals surface area contributed by atoms with E-state index < -0.39 is 0 Å². The van der Waals surface area contributed by atoms with Crippen LogP contribution >= 0.6 is 11.3 Å². The number of nitrogens with one attached hydrogen (secondary N) is 1. The third-order valence-corrected chi connectivity index (χ3v) is 3.58. The predicted molar refractivity (Wildman–Crippen MR) is 80.2 cm³/mol. The highest BCUT2D eigenvalue weighted by Gasteiger charge is 2.08. The summed E-state index contributed by atoms with van der Waals surface area (Å²) in [6.45, 7) is 0.204. The van der Waals surface area contributed by atoms with E-state index in [1.54, 1.807) is 31.5 Å². The Morgan fingerprint density at radius 1 is 1.43 bits per heavy atom. The van der Waals surface area contributed by atoms with Crippen LogP contribution in [0.2, 0.25) is 0 Å². The number of thiophene rings is 1. The molecule has 0 fully saturated rings. The molecule has 2 N–H and O–H groups in total. The first-order valence-corrected chi connectivity index (χ1v) is 7.01. The third-order valence-electron chi connectivity index (χ3n) is 2.58. The standard InChI is InChI=1S/C15H14N2O3S/c1-20-14-7-4-11(9-16-14)10-17-15(19)13-6-5-12(21-13)3-2-8-18/h4-7,9,18H,8,10H2,1H3,(H,17,19). The second kappa shape index (κ2) is 7.43. The lowest BCUT2D eigenvalue weighted by atomic mass is 10.3. The van der Waals surface area contributed by atoms with Gasteiger partial charge in [0, 0.05) is 18.8 Å². The zero-order valence-electron chi connectivity index (χ0n) is 11.4. The SMILES string of the molecule is COc1ccc(CNC(=O)c2ccc(C#CCO)s2)cn1. The number of hydrogen-bond donors (Lipinski definition) is 2. The van der Waals surface area contributed by atoms with Crippen molar-refractivity contribution in [1.82, 2.24) is 10.3 Å². The van der Waals surface area contributed by atoms with Crippen LogP contribution in [0.4, 0.5) is 0 Å². The molecule has 2 heterocycles. The zero-order chi connectivity index (χ0) is 15.1. The van der Waals surface area contributed by atoms with Crippen LogP contribution in [0.3, 0.4) is 0 Å². The van der Waals surface area contributed by atoms with Gasteiger partial charge in [0.25, 0.3) is 5.91 Å². The fourth-order valence-corrected chi connectivity index (χ4v) is 2.36. The van der Waals surface area contributed by atoms with Gasteiger partial charge < -0.3 is 15.2 Å². The molecule has 2 rings (SSSR count). The van der Waals surface area contributed by atoms with Crippen molar-refractivity contribution in [2.24, 2.45) is 0 Å². The molecule has 0 spiro atoms. The fraction of sp³-hybridized carbons (Fsp3) is 0.200. The van der Waals surface area contributed by atoms with Crippen molar-refractivity contribution in [2.45, 2.75) is 6.54 Å². The van der Waals surface area contributed by atoms with Crippen LogP contribution < -0.4 is 10.1 Å². The normalized spacial score (nSPS) is 9.62. The molecule has 0 bridgehead atoms. The molecule has 0 aliphatic carbocycles. The number of nitrogens with zero attached hydrogens (tertiary/aromatic N) is 1. The number of methoxy groups -OCH3 is 1. The van der Waals surface area contributed by atoms with Crippen molar-refractivity contribution >= 4 is 17.2 Å². The van der Waals surface area contributed by atoms with Gasteiger partial charge in [-0.1, -0.05) is 17.9 Å². The summed E-state index contributed by atoms with van der Waals surface area (Å²) in [6.07, 6.45) is 1.66. The van der Waals surface area contributed by atoms with E-state index in [1.807, 2.05) is 6.07 Å². The van der Waals surface area contributed by atoms with Gasteiger partial charge in [-0.15, -0.1) is 11.3 Å². The maximum atomic E-state index is 12.0. The van der Waals surface area contributed by atoms with Crippen molar-refractivity contribution in [1.29, 1.82) is 0 Å². The monoisotopic (exact) mass is 302 g/mol. The zero-order valence-corrected chi connectivity index (χ0v) is 12.2. The van der Waals surface area contributed by atoms with Crippen LogP contribution in [0, 0.1) is 11.8 Å². The smallest absolute Gasteiger partial charge is 0.261 e. The summed E-state index contributed by atoms with van der Waals surface area (Å²) in [7, 11) is 1.55. The number of aliphatic hydroxyl groups is 1. The molecular formula is C15H14N2O3S. The summed E-state index contributed by atoms with van der Waals surface area (Å²) in [5, 5.41) is 11.4. The lowest BCUT2D eigenvalue weighted by Crippen LogP contribution is -2.21. The van der Waals surface area contributed by atoms with Crippen molar-refractivity contribution < 1.29 is 14.6 Å². The highest BCUT2D eigenvalue weighted by atomic mass is 32.1. The second-order valence-corrected chi connectivity index (χ2v) is 5.10. The van der Waals surface area contributed by atoms with E-state index in [-0.39, 0.29) is 12.5 Å². The van der Waals surface area contributed by atoms with E-state index in [0.717, 1.165) is 10.4 Å². The molecule has 108 valence electrons. The molecule has 0 aliphatic heterocycles. The summed E-state index contributed by atoms with van der Waals surface area (Å²) in [4.78, 5) is 17.4. The number of carbonyl (C=O) groups excluding carboxylic acids is 1.